The topological polar surface area (TPSA) is 145 Å². The van der Waals surface area contributed by atoms with Gasteiger partial charge in [0, 0.05) is 67.8 Å². The average molecular weight is 543 g/mol. The number of carboxylic acids is 1. The Bertz CT molecular complexity index is 1930. The molecule has 1 aromatic carbocycles. The van der Waals surface area contributed by atoms with E-state index in [-0.39, 0.29) is 22.9 Å². The third kappa shape index (κ3) is 3.45. The Labute approximate surface area is 227 Å². The van der Waals surface area contributed by atoms with Crippen LogP contribution in [0.3, 0.4) is 0 Å². The van der Waals surface area contributed by atoms with Gasteiger partial charge in [0.1, 0.15) is 17.0 Å². The highest BCUT2D eigenvalue weighted by molar-refractivity contribution is 6.18. The Kier molecular flexibility index (Phi) is 5.26. The van der Waals surface area contributed by atoms with Gasteiger partial charge in [0.25, 0.3) is 0 Å². The SMILES string of the molecule is CNc1cc(F)cc2c1[nH]c1ncc(-c3cnc4c(c3)c(=O)c(C(=O)O)cn4N)c(N3CCC4CN(C)CC43)c12. The molecule has 2 unspecified atom stereocenters. The van der Waals surface area contributed by atoms with Crippen molar-refractivity contribution in [2.24, 2.45) is 5.92 Å². The predicted octanol–water partition coefficient (Wildman–Crippen LogP) is 2.83. The number of pyridine rings is 3. The standard InChI is InChI=1S/C28H27FN8O3/c1-31-20-7-15(29)6-16-22-24(36-4-3-13-10-35(2)12-21(13)36)18(9-32-26(22)34-23(16)20)14-5-17-25(38)19(28(39)40)11-37(30)27(17)33-8-14/h5-9,11,13,21,31H,3-4,10,12,30H2,1-2H3,(H,32,34)(H,39,40). The molecule has 204 valence electrons. The third-order valence-corrected chi connectivity index (χ3v) is 8.36. The van der Waals surface area contributed by atoms with E-state index in [1.807, 2.05) is 0 Å². The van der Waals surface area contributed by atoms with E-state index in [1.165, 1.54) is 12.1 Å². The van der Waals surface area contributed by atoms with Crippen LogP contribution in [0.15, 0.2) is 41.6 Å². The number of benzene rings is 1. The molecule has 6 heterocycles. The number of nitrogens with two attached hydrogens (primary N) is 1. The highest BCUT2D eigenvalue weighted by Gasteiger charge is 2.41. The fourth-order valence-corrected chi connectivity index (χ4v) is 6.60. The van der Waals surface area contributed by atoms with Crippen molar-refractivity contribution in [2.75, 3.05) is 49.8 Å². The van der Waals surface area contributed by atoms with Crippen LogP contribution in [0.25, 0.3) is 44.1 Å². The number of fused-ring (bicyclic) bond motifs is 5. The van der Waals surface area contributed by atoms with E-state index in [0.717, 1.165) is 59.1 Å². The molecule has 5 aromatic rings. The predicted molar refractivity (Wildman–Crippen MR) is 152 cm³/mol. The number of halogens is 1. The maximum atomic E-state index is 14.8. The van der Waals surface area contributed by atoms with Crippen molar-refractivity contribution in [3.05, 3.63) is 58.4 Å². The Balaban J connectivity index is 1.55. The molecule has 0 aliphatic carbocycles. The molecule has 2 aliphatic heterocycles. The number of hydrogen-bond donors (Lipinski definition) is 4. The number of nitrogens with zero attached hydrogens (tertiary/aromatic N) is 5. The molecule has 4 aromatic heterocycles. The zero-order valence-electron chi connectivity index (χ0n) is 21.9. The highest BCUT2D eigenvalue weighted by atomic mass is 19.1. The maximum Gasteiger partial charge on any atom is 0.341 e. The Morgan fingerprint density at radius 1 is 1.20 bits per heavy atom. The first-order chi connectivity index (χ1) is 19.2. The number of aromatic carboxylic acids is 1. The van der Waals surface area contributed by atoms with Crippen molar-refractivity contribution >= 4 is 50.3 Å². The van der Waals surface area contributed by atoms with Crippen LogP contribution in [0.2, 0.25) is 0 Å². The second-order valence-electron chi connectivity index (χ2n) is 10.7. The van der Waals surface area contributed by atoms with Gasteiger partial charge >= 0.3 is 5.97 Å². The highest BCUT2D eigenvalue weighted by Crippen LogP contribution is 2.46. The van der Waals surface area contributed by atoms with Crippen LogP contribution in [0.5, 0.6) is 0 Å². The molecule has 0 saturated carbocycles. The molecule has 2 fully saturated rings. The molecule has 7 rings (SSSR count). The number of carbonyl (C=O) groups is 1. The fourth-order valence-electron chi connectivity index (χ4n) is 6.60. The van der Waals surface area contributed by atoms with Crippen LogP contribution in [-0.2, 0) is 0 Å². The van der Waals surface area contributed by atoms with E-state index in [9.17, 15) is 19.1 Å². The van der Waals surface area contributed by atoms with Crippen molar-refractivity contribution in [3.63, 3.8) is 0 Å². The number of aromatic amines is 1. The van der Waals surface area contributed by atoms with Crippen LogP contribution in [0.1, 0.15) is 16.8 Å². The first-order valence-electron chi connectivity index (χ1n) is 13.1. The maximum absolute atomic E-state index is 14.8. The average Bonchev–Trinajstić information content (AvgIpc) is 3.61. The summed E-state index contributed by atoms with van der Waals surface area (Å²) in [5.74, 6) is 4.76. The smallest absolute Gasteiger partial charge is 0.341 e. The van der Waals surface area contributed by atoms with Gasteiger partial charge in [-0.1, -0.05) is 0 Å². The largest absolute Gasteiger partial charge is 0.477 e. The summed E-state index contributed by atoms with van der Waals surface area (Å²) in [7, 11) is 3.86. The summed E-state index contributed by atoms with van der Waals surface area (Å²) < 4.78 is 15.9. The van der Waals surface area contributed by atoms with Crippen LogP contribution >= 0.6 is 0 Å². The van der Waals surface area contributed by atoms with Crippen molar-refractivity contribution in [3.8, 4) is 11.1 Å². The summed E-state index contributed by atoms with van der Waals surface area (Å²) in [5.41, 5.74) is 3.25. The van der Waals surface area contributed by atoms with Gasteiger partial charge in [0.05, 0.1) is 27.7 Å². The number of likely N-dealkylation sites (N-methyl/N-ethyl adjacent to an activating group) is 1. The quantitative estimate of drug-likeness (QED) is 0.252. The number of hydrogen-bond acceptors (Lipinski definition) is 8. The number of nitrogens with one attached hydrogen (secondary N) is 2. The first kappa shape index (κ1) is 24.3. The minimum atomic E-state index is -1.37. The minimum absolute atomic E-state index is 0.0910. The molecule has 0 radical (unpaired) electrons. The minimum Gasteiger partial charge on any atom is -0.477 e. The first-order valence-corrected chi connectivity index (χ1v) is 13.1. The molecule has 2 atom stereocenters. The monoisotopic (exact) mass is 542 g/mol. The van der Waals surface area contributed by atoms with Gasteiger partial charge in [0.2, 0.25) is 5.43 Å². The molecule has 40 heavy (non-hydrogen) atoms. The van der Waals surface area contributed by atoms with E-state index in [0.29, 0.717) is 28.2 Å². The van der Waals surface area contributed by atoms with E-state index in [2.05, 4.69) is 32.1 Å². The van der Waals surface area contributed by atoms with E-state index >= 15 is 0 Å². The lowest BCUT2D eigenvalue weighted by molar-refractivity contribution is 0.0695. The molecule has 2 aliphatic rings. The van der Waals surface area contributed by atoms with Crippen LogP contribution in [-0.4, -0.2) is 75.4 Å². The van der Waals surface area contributed by atoms with Gasteiger partial charge in [0.15, 0.2) is 5.65 Å². The van der Waals surface area contributed by atoms with E-state index < -0.39 is 17.0 Å². The number of nitrogen functional groups attached to an aromatic ring is 1. The van der Waals surface area contributed by atoms with Crippen molar-refractivity contribution < 1.29 is 14.3 Å². The Morgan fingerprint density at radius 2 is 2.02 bits per heavy atom. The summed E-state index contributed by atoms with van der Waals surface area (Å²) in [6, 6.07) is 4.84. The molecular formula is C28H27FN8O3. The zero-order valence-corrected chi connectivity index (χ0v) is 21.9. The Morgan fingerprint density at radius 3 is 2.80 bits per heavy atom. The summed E-state index contributed by atoms with van der Waals surface area (Å²) in [5, 5.41) is 14.2. The van der Waals surface area contributed by atoms with Gasteiger partial charge < -0.3 is 31.0 Å². The van der Waals surface area contributed by atoms with Gasteiger partial charge in [-0.2, -0.15) is 0 Å². The summed E-state index contributed by atoms with van der Waals surface area (Å²) in [6.45, 7) is 2.71. The molecular weight excluding hydrogens is 515 g/mol. The van der Waals surface area contributed by atoms with Crippen LogP contribution < -0.4 is 21.5 Å². The normalized spacial score (nSPS) is 19.2. The van der Waals surface area contributed by atoms with E-state index in [1.54, 1.807) is 25.5 Å². The second-order valence-corrected chi connectivity index (χ2v) is 10.7. The fraction of sp³-hybridized carbons (Fsp3) is 0.286. The molecule has 12 heteroatoms. The lowest BCUT2D eigenvalue weighted by Gasteiger charge is -2.29. The molecule has 11 nitrogen and oxygen atoms in total. The number of anilines is 2. The van der Waals surface area contributed by atoms with Crippen molar-refractivity contribution in [1.82, 2.24) is 24.5 Å². The Hall–Kier alpha value is -4.71. The molecule has 0 spiro atoms. The molecule has 5 N–H and O–H groups in total. The van der Waals surface area contributed by atoms with E-state index in [4.69, 9.17) is 10.8 Å². The summed E-state index contributed by atoms with van der Waals surface area (Å²) in [4.78, 5) is 42.1. The number of rotatable bonds is 4. The summed E-state index contributed by atoms with van der Waals surface area (Å²) in [6.07, 6.45) is 5.44. The number of likely N-dealkylation sites (tertiary alicyclic amines) is 1. The number of aromatic nitrogens is 4. The lowest BCUT2D eigenvalue weighted by atomic mass is 10.00. The van der Waals surface area contributed by atoms with Gasteiger partial charge in [-0.25, -0.2) is 19.2 Å². The molecule has 0 bridgehead atoms. The molecule has 2 saturated heterocycles. The van der Waals surface area contributed by atoms with Crippen molar-refractivity contribution in [2.45, 2.75) is 12.5 Å². The summed E-state index contributed by atoms with van der Waals surface area (Å²) >= 11 is 0. The lowest BCUT2D eigenvalue weighted by Crippen LogP contribution is -2.35. The third-order valence-electron chi connectivity index (χ3n) is 8.36. The number of carboxylic acid groups (broad SMARTS) is 1. The molecule has 0 amide bonds. The van der Waals surface area contributed by atoms with Gasteiger partial charge in [-0.3, -0.25) is 9.47 Å². The zero-order chi connectivity index (χ0) is 27.9. The number of H-pyrrole nitrogens is 1. The van der Waals surface area contributed by atoms with Crippen molar-refractivity contribution in [1.29, 1.82) is 0 Å². The van der Waals surface area contributed by atoms with Crippen LogP contribution in [0.4, 0.5) is 15.8 Å². The van der Waals surface area contributed by atoms with Gasteiger partial charge in [-0.05, 0) is 37.6 Å². The second kappa shape index (κ2) is 8.65. The van der Waals surface area contributed by atoms with Crippen LogP contribution in [0, 0.1) is 11.7 Å². The van der Waals surface area contributed by atoms with Gasteiger partial charge in [-0.15, -0.1) is 0 Å².